The van der Waals surface area contributed by atoms with Gasteiger partial charge in [0.15, 0.2) is 0 Å². The van der Waals surface area contributed by atoms with Gasteiger partial charge in [-0.1, -0.05) is 25.4 Å². The number of halogens is 2. The molecule has 0 bridgehead atoms. The second kappa shape index (κ2) is 4.99. The quantitative estimate of drug-likeness (QED) is 0.664. The smallest absolute Gasteiger partial charge is 0.131 e. The van der Waals surface area contributed by atoms with Crippen molar-refractivity contribution in [2.75, 3.05) is 0 Å². The van der Waals surface area contributed by atoms with Crippen LogP contribution in [0.5, 0.6) is 5.75 Å². The van der Waals surface area contributed by atoms with E-state index in [2.05, 4.69) is 0 Å². The molecule has 1 N–H and O–H groups in total. The fraction of sp³-hybridized carbons (Fsp3) is 0.333. The number of hydrogen-bond donors (Lipinski definition) is 1. The van der Waals surface area contributed by atoms with E-state index in [0.29, 0.717) is 0 Å². The minimum atomic E-state index is -0.481. The van der Waals surface area contributed by atoms with Gasteiger partial charge in [-0.2, -0.15) is 0 Å². The number of rotatable bonds is 0. The van der Waals surface area contributed by atoms with E-state index in [1.54, 1.807) is 0 Å². The molecule has 0 radical (unpaired) electrons. The molecule has 1 rings (SSSR count). The van der Waals surface area contributed by atoms with E-state index < -0.39 is 5.82 Å². The molecule has 0 heterocycles. The third-order valence-electron chi connectivity index (χ3n) is 1.28. The van der Waals surface area contributed by atoms with Crippen LogP contribution in [0.2, 0.25) is 5.02 Å². The average Bonchev–Trinajstić information content (AvgIpc) is 2.04. The van der Waals surface area contributed by atoms with Gasteiger partial charge in [0, 0.05) is 10.6 Å². The van der Waals surface area contributed by atoms with Crippen molar-refractivity contribution in [2.45, 2.75) is 20.8 Å². The van der Waals surface area contributed by atoms with Crippen LogP contribution < -0.4 is 0 Å². The normalized spacial score (nSPS) is 8.75. The van der Waals surface area contributed by atoms with Crippen molar-refractivity contribution in [3.63, 3.8) is 0 Å². The van der Waals surface area contributed by atoms with Crippen LogP contribution in [0.3, 0.4) is 0 Å². The number of benzene rings is 1. The molecule has 0 saturated heterocycles. The Morgan fingerprint density at radius 1 is 1.33 bits per heavy atom. The number of phenolic OH excluding ortho intramolecular Hbond substituents is 1. The Hall–Kier alpha value is -0.760. The van der Waals surface area contributed by atoms with Crippen molar-refractivity contribution >= 4 is 11.6 Å². The fourth-order valence-corrected chi connectivity index (χ4v) is 0.831. The summed E-state index contributed by atoms with van der Waals surface area (Å²) in [6, 6.07) is 2.47. The monoisotopic (exact) mass is 190 g/mol. The van der Waals surface area contributed by atoms with E-state index in [0.717, 1.165) is 6.07 Å². The van der Waals surface area contributed by atoms with Crippen LogP contribution in [0.4, 0.5) is 4.39 Å². The Bertz CT molecular complexity index is 238. The number of hydrogen-bond acceptors (Lipinski definition) is 1. The van der Waals surface area contributed by atoms with E-state index in [-0.39, 0.29) is 16.3 Å². The molecule has 0 aliphatic rings. The molecule has 0 spiro atoms. The van der Waals surface area contributed by atoms with Gasteiger partial charge in [0.05, 0.1) is 0 Å². The van der Waals surface area contributed by atoms with E-state index in [1.807, 2.05) is 13.8 Å². The summed E-state index contributed by atoms with van der Waals surface area (Å²) in [6.07, 6.45) is 0. The van der Waals surface area contributed by atoms with Crippen molar-refractivity contribution in [2.24, 2.45) is 0 Å². The largest absolute Gasteiger partial charge is 0.508 e. The van der Waals surface area contributed by atoms with Gasteiger partial charge in [0.2, 0.25) is 0 Å². The Morgan fingerprint density at radius 2 is 1.83 bits per heavy atom. The maximum Gasteiger partial charge on any atom is 0.131 e. The van der Waals surface area contributed by atoms with Gasteiger partial charge in [-0.3, -0.25) is 0 Å². The highest BCUT2D eigenvalue weighted by Crippen LogP contribution is 2.23. The molecule has 1 aromatic rings. The van der Waals surface area contributed by atoms with Gasteiger partial charge >= 0.3 is 0 Å². The first-order valence-electron chi connectivity index (χ1n) is 3.76. The molecule has 0 aromatic heterocycles. The lowest BCUT2D eigenvalue weighted by atomic mass is 10.2. The first-order chi connectivity index (χ1) is 5.61. The third-order valence-corrected chi connectivity index (χ3v) is 1.50. The van der Waals surface area contributed by atoms with Gasteiger partial charge in [0.25, 0.3) is 0 Å². The van der Waals surface area contributed by atoms with Gasteiger partial charge in [-0.05, 0) is 19.1 Å². The van der Waals surface area contributed by atoms with Crippen LogP contribution in [0.25, 0.3) is 0 Å². The Morgan fingerprint density at radius 3 is 2.25 bits per heavy atom. The minimum Gasteiger partial charge on any atom is -0.508 e. The molecular formula is C9H12ClFO. The zero-order chi connectivity index (χ0) is 9.72. The second-order valence-corrected chi connectivity index (χ2v) is 2.47. The molecule has 12 heavy (non-hydrogen) atoms. The van der Waals surface area contributed by atoms with E-state index >= 15 is 0 Å². The molecule has 0 fully saturated rings. The fourth-order valence-electron chi connectivity index (χ4n) is 0.632. The summed E-state index contributed by atoms with van der Waals surface area (Å²) < 4.78 is 12.6. The van der Waals surface area contributed by atoms with Crippen LogP contribution in [0, 0.1) is 12.7 Å². The zero-order valence-electron chi connectivity index (χ0n) is 7.36. The molecule has 1 nitrogen and oxygen atoms in total. The predicted octanol–water partition coefficient (Wildman–Crippen LogP) is 3.52. The molecular weight excluding hydrogens is 179 g/mol. The summed E-state index contributed by atoms with van der Waals surface area (Å²) in [5.74, 6) is -0.588. The number of phenols is 1. The first kappa shape index (κ1) is 11.2. The SMILES string of the molecule is CC.Cc1c(O)cc(Cl)cc1F. The summed E-state index contributed by atoms with van der Waals surface area (Å²) in [5.41, 5.74) is 0.226. The van der Waals surface area contributed by atoms with Crippen molar-refractivity contribution in [3.05, 3.63) is 28.5 Å². The molecule has 0 aliphatic heterocycles. The highest BCUT2D eigenvalue weighted by Gasteiger charge is 2.03. The minimum absolute atomic E-state index is 0.106. The molecule has 3 heteroatoms. The Kier molecular flexibility index (Phi) is 4.67. The molecule has 68 valence electrons. The van der Waals surface area contributed by atoms with Crippen molar-refractivity contribution < 1.29 is 9.50 Å². The standard InChI is InChI=1S/C7H6ClFO.C2H6/c1-4-6(9)2-5(8)3-7(4)10;1-2/h2-3,10H,1H3;1-2H3. The lowest BCUT2D eigenvalue weighted by Crippen LogP contribution is -1.81. The Labute approximate surface area is 76.8 Å². The summed E-state index contributed by atoms with van der Waals surface area (Å²) in [7, 11) is 0. The maximum absolute atomic E-state index is 12.6. The third kappa shape index (κ3) is 2.70. The Balaban J connectivity index is 0.000000561. The van der Waals surface area contributed by atoms with Gasteiger partial charge in [-0.15, -0.1) is 0 Å². The zero-order valence-corrected chi connectivity index (χ0v) is 8.11. The van der Waals surface area contributed by atoms with E-state index in [9.17, 15) is 4.39 Å². The molecule has 0 unspecified atom stereocenters. The molecule has 1 aromatic carbocycles. The summed E-state index contributed by atoms with van der Waals surface area (Å²) in [5, 5.41) is 9.17. The summed E-state index contributed by atoms with van der Waals surface area (Å²) in [6.45, 7) is 5.49. The summed E-state index contributed by atoms with van der Waals surface area (Å²) >= 11 is 5.42. The molecule has 0 amide bonds. The van der Waals surface area contributed by atoms with Crippen LogP contribution in [-0.4, -0.2) is 5.11 Å². The molecule has 0 saturated carbocycles. The van der Waals surface area contributed by atoms with Crippen molar-refractivity contribution in [3.8, 4) is 5.75 Å². The highest BCUT2D eigenvalue weighted by atomic mass is 35.5. The molecule has 0 atom stereocenters. The van der Waals surface area contributed by atoms with Gasteiger partial charge < -0.3 is 5.11 Å². The average molecular weight is 191 g/mol. The van der Waals surface area contributed by atoms with E-state index in [4.69, 9.17) is 16.7 Å². The van der Waals surface area contributed by atoms with Crippen LogP contribution in [-0.2, 0) is 0 Å². The number of aromatic hydroxyl groups is 1. The second-order valence-electron chi connectivity index (χ2n) is 2.03. The lowest BCUT2D eigenvalue weighted by molar-refractivity contribution is 0.463. The predicted molar refractivity (Wildman–Crippen MR) is 49.2 cm³/mol. The van der Waals surface area contributed by atoms with Crippen molar-refractivity contribution in [1.82, 2.24) is 0 Å². The van der Waals surface area contributed by atoms with Gasteiger partial charge in [-0.25, -0.2) is 4.39 Å². The summed E-state index contributed by atoms with van der Waals surface area (Å²) in [4.78, 5) is 0. The lowest BCUT2D eigenvalue weighted by Gasteiger charge is -1.99. The molecule has 0 aliphatic carbocycles. The topological polar surface area (TPSA) is 20.2 Å². The van der Waals surface area contributed by atoms with Crippen molar-refractivity contribution in [1.29, 1.82) is 0 Å². The highest BCUT2D eigenvalue weighted by molar-refractivity contribution is 6.30. The van der Waals surface area contributed by atoms with E-state index in [1.165, 1.54) is 13.0 Å². The maximum atomic E-state index is 12.6. The first-order valence-corrected chi connectivity index (χ1v) is 4.13. The van der Waals surface area contributed by atoms with Gasteiger partial charge in [0.1, 0.15) is 11.6 Å². The van der Waals surface area contributed by atoms with Crippen LogP contribution in [0.15, 0.2) is 12.1 Å². The van der Waals surface area contributed by atoms with Crippen LogP contribution >= 0.6 is 11.6 Å². The van der Waals surface area contributed by atoms with Crippen LogP contribution in [0.1, 0.15) is 19.4 Å².